The number of carbonyl (C=O) groups is 1. The molecule has 3 heterocycles. The topological polar surface area (TPSA) is 95.3 Å². The summed E-state index contributed by atoms with van der Waals surface area (Å²) in [6, 6.07) is 6.13. The number of amides is 1. The van der Waals surface area contributed by atoms with Gasteiger partial charge >= 0.3 is 12.3 Å². The highest BCUT2D eigenvalue weighted by atomic mass is 32.2. The number of carbonyl (C=O) groups excluding carboxylic acids is 1. The van der Waals surface area contributed by atoms with Gasteiger partial charge in [0, 0.05) is 12.7 Å². The number of alkyl halides is 3. The summed E-state index contributed by atoms with van der Waals surface area (Å²) < 4.78 is 51.9. The maximum absolute atomic E-state index is 12.9. The van der Waals surface area contributed by atoms with Crippen LogP contribution in [0.4, 0.5) is 18.0 Å². The molecule has 2 atom stereocenters. The van der Waals surface area contributed by atoms with Gasteiger partial charge in [-0.15, -0.1) is 5.10 Å². The van der Waals surface area contributed by atoms with E-state index in [1.165, 1.54) is 28.8 Å². The van der Waals surface area contributed by atoms with E-state index < -0.39 is 35.6 Å². The molecule has 198 valence electrons. The first kappa shape index (κ1) is 26.9. The number of likely N-dealkylation sites (tertiary alicyclic amines) is 1. The highest BCUT2D eigenvalue weighted by molar-refractivity contribution is 7.98. The van der Waals surface area contributed by atoms with Crippen LogP contribution in [0.25, 0.3) is 11.4 Å². The first-order valence-corrected chi connectivity index (χ1v) is 12.7. The summed E-state index contributed by atoms with van der Waals surface area (Å²) in [4.78, 5) is 22.9. The van der Waals surface area contributed by atoms with Crippen molar-refractivity contribution in [1.82, 2.24) is 29.9 Å². The highest BCUT2D eigenvalue weighted by Gasteiger charge is 2.40. The molecular formula is C24H27F3N6O3S. The standard InChI is InChI=1S/C24H27F3N6O3S/c1-23(2,3)36-22(34)32-12-19(33-11-18(30-31-33)17-9-10-28-21(29-17)37-4)20(13-32)35-14-15-5-7-16(8-6-15)24(25,26)27/h5-11,19-20H,12-14H2,1-4H3. The van der Waals surface area contributed by atoms with Gasteiger partial charge in [0.1, 0.15) is 11.3 Å². The van der Waals surface area contributed by atoms with Gasteiger partial charge in [-0.2, -0.15) is 13.2 Å². The van der Waals surface area contributed by atoms with Crippen LogP contribution in [0.1, 0.15) is 37.9 Å². The first-order valence-electron chi connectivity index (χ1n) is 11.5. The van der Waals surface area contributed by atoms with Gasteiger partial charge in [-0.05, 0) is 50.8 Å². The Balaban J connectivity index is 1.53. The lowest BCUT2D eigenvalue weighted by atomic mass is 10.1. The maximum Gasteiger partial charge on any atom is 0.416 e. The van der Waals surface area contributed by atoms with Gasteiger partial charge in [-0.3, -0.25) is 0 Å². The van der Waals surface area contributed by atoms with Gasteiger partial charge in [-0.25, -0.2) is 19.4 Å². The van der Waals surface area contributed by atoms with Gasteiger partial charge in [0.05, 0.1) is 42.8 Å². The SMILES string of the molecule is CSc1nccc(-c2cn(C3CN(C(=O)OC(C)(C)C)CC3OCc3ccc(C(F)(F)F)cc3)nn2)n1. The van der Waals surface area contributed by atoms with Crippen LogP contribution < -0.4 is 0 Å². The monoisotopic (exact) mass is 536 g/mol. The minimum absolute atomic E-state index is 0.0615. The molecule has 4 rings (SSSR count). The lowest BCUT2D eigenvalue weighted by Crippen LogP contribution is -2.36. The van der Waals surface area contributed by atoms with E-state index in [1.54, 1.807) is 43.9 Å². The Bertz CT molecular complexity index is 1230. The zero-order chi connectivity index (χ0) is 26.8. The average Bonchev–Trinajstić information content (AvgIpc) is 3.49. The van der Waals surface area contributed by atoms with Crippen LogP contribution in [0.2, 0.25) is 0 Å². The molecule has 3 aromatic rings. The number of rotatable bonds is 6. The predicted molar refractivity (Wildman–Crippen MR) is 130 cm³/mol. The molecule has 1 aromatic carbocycles. The zero-order valence-corrected chi connectivity index (χ0v) is 21.6. The maximum atomic E-state index is 12.9. The number of hydrogen-bond acceptors (Lipinski definition) is 8. The molecule has 0 N–H and O–H groups in total. The summed E-state index contributed by atoms with van der Waals surface area (Å²) >= 11 is 1.41. The largest absolute Gasteiger partial charge is 0.444 e. The Kier molecular flexibility index (Phi) is 7.74. The molecule has 2 unspecified atom stereocenters. The van der Waals surface area contributed by atoms with E-state index in [2.05, 4.69) is 20.3 Å². The Morgan fingerprint density at radius 3 is 2.49 bits per heavy atom. The molecular weight excluding hydrogens is 509 g/mol. The molecule has 0 aliphatic carbocycles. The van der Waals surface area contributed by atoms with Crippen molar-refractivity contribution in [1.29, 1.82) is 0 Å². The van der Waals surface area contributed by atoms with Crippen LogP contribution >= 0.6 is 11.8 Å². The number of halogens is 3. The van der Waals surface area contributed by atoms with Crippen molar-refractivity contribution in [2.24, 2.45) is 0 Å². The molecule has 1 fully saturated rings. The summed E-state index contributed by atoms with van der Waals surface area (Å²) in [5, 5.41) is 9.09. The summed E-state index contributed by atoms with van der Waals surface area (Å²) in [6.07, 6.45) is -0.157. The van der Waals surface area contributed by atoms with Crippen LogP contribution in [-0.4, -0.2) is 67.0 Å². The summed E-state index contributed by atoms with van der Waals surface area (Å²) in [7, 11) is 0. The highest BCUT2D eigenvalue weighted by Crippen LogP contribution is 2.31. The van der Waals surface area contributed by atoms with Crippen molar-refractivity contribution in [3.05, 3.63) is 53.9 Å². The van der Waals surface area contributed by atoms with E-state index in [-0.39, 0.29) is 19.7 Å². The third-order valence-corrected chi connectivity index (χ3v) is 6.12. The fourth-order valence-electron chi connectivity index (χ4n) is 3.78. The molecule has 1 aliphatic rings. The number of benzene rings is 1. The van der Waals surface area contributed by atoms with Crippen LogP contribution in [0, 0.1) is 0 Å². The van der Waals surface area contributed by atoms with Crippen molar-refractivity contribution < 1.29 is 27.4 Å². The zero-order valence-electron chi connectivity index (χ0n) is 20.8. The van der Waals surface area contributed by atoms with Crippen LogP contribution in [0.3, 0.4) is 0 Å². The number of thioether (sulfide) groups is 1. The van der Waals surface area contributed by atoms with Gasteiger partial charge in [0.25, 0.3) is 0 Å². The Hall–Kier alpha value is -3.19. The predicted octanol–water partition coefficient (Wildman–Crippen LogP) is 4.85. The summed E-state index contributed by atoms with van der Waals surface area (Å²) in [5.41, 5.74) is 0.321. The molecule has 1 aliphatic heterocycles. The van der Waals surface area contributed by atoms with Crippen LogP contribution in [0.5, 0.6) is 0 Å². The van der Waals surface area contributed by atoms with E-state index in [0.717, 1.165) is 12.1 Å². The minimum Gasteiger partial charge on any atom is -0.444 e. The van der Waals surface area contributed by atoms with E-state index in [1.807, 2.05) is 6.26 Å². The summed E-state index contributed by atoms with van der Waals surface area (Å²) in [6.45, 7) is 5.89. The Morgan fingerprint density at radius 1 is 1.11 bits per heavy atom. The van der Waals surface area contributed by atoms with E-state index in [0.29, 0.717) is 22.1 Å². The average molecular weight is 537 g/mol. The Labute approximate surface area is 216 Å². The second-order valence-electron chi connectivity index (χ2n) is 9.51. The van der Waals surface area contributed by atoms with Crippen LogP contribution in [0.15, 0.2) is 47.9 Å². The minimum atomic E-state index is -4.41. The normalized spacial score (nSPS) is 18.3. The third kappa shape index (κ3) is 6.77. The number of ether oxygens (including phenoxy) is 2. The molecule has 2 aromatic heterocycles. The molecule has 9 nitrogen and oxygen atoms in total. The number of hydrogen-bond donors (Lipinski definition) is 0. The lowest BCUT2D eigenvalue weighted by molar-refractivity contribution is -0.137. The molecule has 13 heteroatoms. The van der Waals surface area contributed by atoms with Gasteiger partial charge in [0.2, 0.25) is 0 Å². The van der Waals surface area contributed by atoms with E-state index in [4.69, 9.17) is 9.47 Å². The fraction of sp³-hybridized carbons (Fsp3) is 0.458. The Morgan fingerprint density at radius 2 is 1.84 bits per heavy atom. The van der Waals surface area contributed by atoms with Gasteiger partial charge in [-0.1, -0.05) is 29.1 Å². The van der Waals surface area contributed by atoms with E-state index >= 15 is 0 Å². The lowest BCUT2D eigenvalue weighted by Gasteiger charge is -2.24. The van der Waals surface area contributed by atoms with Gasteiger partial charge in [0.15, 0.2) is 5.16 Å². The first-order chi connectivity index (χ1) is 17.4. The number of aromatic nitrogens is 5. The molecule has 1 amide bonds. The van der Waals surface area contributed by atoms with Crippen molar-refractivity contribution in [2.75, 3.05) is 19.3 Å². The third-order valence-electron chi connectivity index (χ3n) is 5.56. The summed E-state index contributed by atoms with van der Waals surface area (Å²) in [5.74, 6) is 0. The van der Waals surface area contributed by atoms with Crippen molar-refractivity contribution in [3.8, 4) is 11.4 Å². The second-order valence-corrected chi connectivity index (χ2v) is 10.3. The van der Waals surface area contributed by atoms with Crippen LogP contribution in [-0.2, 0) is 22.3 Å². The number of nitrogens with zero attached hydrogens (tertiary/aromatic N) is 6. The smallest absolute Gasteiger partial charge is 0.416 e. The fourth-order valence-corrected chi connectivity index (χ4v) is 4.14. The van der Waals surface area contributed by atoms with Crippen molar-refractivity contribution in [3.63, 3.8) is 0 Å². The quantitative estimate of drug-likeness (QED) is 0.326. The molecule has 0 saturated carbocycles. The molecule has 0 bridgehead atoms. The molecule has 1 saturated heterocycles. The van der Waals surface area contributed by atoms with Gasteiger partial charge < -0.3 is 14.4 Å². The van der Waals surface area contributed by atoms with E-state index in [9.17, 15) is 18.0 Å². The van der Waals surface area contributed by atoms with Crippen molar-refractivity contribution >= 4 is 17.9 Å². The second kappa shape index (κ2) is 10.7. The van der Waals surface area contributed by atoms with Crippen molar-refractivity contribution in [2.45, 2.75) is 56.5 Å². The molecule has 0 spiro atoms. The molecule has 0 radical (unpaired) electrons. The molecule has 37 heavy (non-hydrogen) atoms.